The van der Waals surface area contributed by atoms with Crippen molar-refractivity contribution in [2.45, 2.75) is 19.9 Å². The number of rotatable bonds is 5. The van der Waals surface area contributed by atoms with E-state index in [-0.39, 0.29) is 18.5 Å². The van der Waals surface area contributed by atoms with Crippen LogP contribution in [0.25, 0.3) is 0 Å². The first kappa shape index (κ1) is 15.7. The third-order valence-corrected chi connectivity index (χ3v) is 3.77. The molecule has 0 radical (unpaired) electrons. The number of halogens is 1. The lowest BCUT2D eigenvalue weighted by Gasteiger charge is -2.14. The third kappa shape index (κ3) is 4.99. The summed E-state index contributed by atoms with van der Waals surface area (Å²) in [7, 11) is 0. The molecule has 0 aromatic heterocycles. The SMILES string of the molecule is Cc1cccc(NC(=O)CN[C@H](C)c2ccc(Br)cc2)c1. The molecule has 1 atom stereocenters. The topological polar surface area (TPSA) is 41.1 Å². The highest BCUT2D eigenvalue weighted by Gasteiger charge is 2.08. The lowest BCUT2D eigenvalue weighted by molar-refractivity contribution is -0.115. The number of aryl methyl sites for hydroxylation is 1. The van der Waals surface area contributed by atoms with E-state index in [0.29, 0.717) is 0 Å². The first-order valence-electron chi connectivity index (χ1n) is 6.90. The lowest BCUT2D eigenvalue weighted by Crippen LogP contribution is -2.30. The highest BCUT2D eigenvalue weighted by atomic mass is 79.9. The summed E-state index contributed by atoms with van der Waals surface area (Å²) in [6.07, 6.45) is 0. The Morgan fingerprint density at radius 2 is 1.90 bits per heavy atom. The Kier molecular flexibility index (Phi) is 5.53. The molecule has 0 aliphatic carbocycles. The molecule has 0 saturated carbocycles. The van der Waals surface area contributed by atoms with Gasteiger partial charge in [-0.05, 0) is 49.2 Å². The fourth-order valence-electron chi connectivity index (χ4n) is 2.04. The summed E-state index contributed by atoms with van der Waals surface area (Å²) < 4.78 is 1.05. The molecule has 0 saturated heterocycles. The van der Waals surface area contributed by atoms with Crippen LogP contribution in [0.1, 0.15) is 24.1 Å². The van der Waals surface area contributed by atoms with Crippen LogP contribution in [0.5, 0.6) is 0 Å². The van der Waals surface area contributed by atoms with E-state index in [1.807, 2.05) is 62.4 Å². The molecule has 0 fully saturated rings. The van der Waals surface area contributed by atoms with Crippen molar-refractivity contribution in [3.63, 3.8) is 0 Å². The molecule has 0 spiro atoms. The Hall–Kier alpha value is -1.65. The molecule has 2 N–H and O–H groups in total. The van der Waals surface area contributed by atoms with Gasteiger partial charge in [0.05, 0.1) is 6.54 Å². The van der Waals surface area contributed by atoms with Crippen LogP contribution in [0.4, 0.5) is 5.69 Å². The normalized spacial score (nSPS) is 12.0. The van der Waals surface area contributed by atoms with E-state index in [0.717, 1.165) is 21.3 Å². The molecular formula is C17H19BrN2O. The number of carbonyl (C=O) groups excluding carboxylic acids is 1. The summed E-state index contributed by atoms with van der Waals surface area (Å²) in [5.41, 5.74) is 3.11. The molecule has 2 aromatic rings. The summed E-state index contributed by atoms with van der Waals surface area (Å²) in [5.74, 6) is -0.0374. The van der Waals surface area contributed by atoms with Crippen LogP contribution in [0.15, 0.2) is 53.0 Å². The molecule has 4 heteroatoms. The van der Waals surface area contributed by atoms with Gasteiger partial charge in [0.25, 0.3) is 0 Å². The van der Waals surface area contributed by atoms with Crippen LogP contribution in [0, 0.1) is 6.92 Å². The van der Waals surface area contributed by atoms with Gasteiger partial charge in [-0.2, -0.15) is 0 Å². The van der Waals surface area contributed by atoms with Crippen LogP contribution in [-0.2, 0) is 4.79 Å². The molecule has 0 aliphatic heterocycles. The van der Waals surface area contributed by atoms with E-state index >= 15 is 0 Å². The quantitative estimate of drug-likeness (QED) is 0.857. The minimum Gasteiger partial charge on any atom is -0.325 e. The Balaban J connectivity index is 1.84. The van der Waals surface area contributed by atoms with Gasteiger partial charge in [-0.3, -0.25) is 4.79 Å². The molecule has 2 aromatic carbocycles. The summed E-state index contributed by atoms with van der Waals surface area (Å²) in [6, 6.07) is 16.0. The molecule has 1 amide bonds. The third-order valence-electron chi connectivity index (χ3n) is 3.24. The van der Waals surface area contributed by atoms with E-state index in [1.54, 1.807) is 0 Å². The van der Waals surface area contributed by atoms with Crippen LogP contribution >= 0.6 is 15.9 Å². The van der Waals surface area contributed by atoms with Gasteiger partial charge in [-0.1, -0.05) is 40.2 Å². The Labute approximate surface area is 133 Å². The van der Waals surface area contributed by atoms with Crippen molar-refractivity contribution in [3.05, 3.63) is 64.1 Å². The average molecular weight is 347 g/mol. The predicted molar refractivity (Wildman–Crippen MR) is 90.4 cm³/mol. The molecule has 3 nitrogen and oxygen atoms in total. The Morgan fingerprint density at radius 3 is 2.57 bits per heavy atom. The van der Waals surface area contributed by atoms with Gasteiger partial charge in [0.15, 0.2) is 0 Å². The number of amides is 1. The lowest BCUT2D eigenvalue weighted by atomic mass is 10.1. The largest absolute Gasteiger partial charge is 0.325 e. The second-order valence-corrected chi connectivity index (χ2v) is 5.99. The minimum atomic E-state index is -0.0374. The van der Waals surface area contributed by atoms with Gasteiger partial charge in [-0.15, -0.1) is 0 Å². The van der Waals surface area contributed by atoms with Gasteiger partial charge in [0.1, 0.15) is 0 Å². The van der Waals surface area contributed by atoms with Crippen LogP contribution in [-0.4, -0.2) is 12.5 Å². The van der Waals surface area contributed by atoms with Crippen molar-refractivity contribution in [1.29, 1.82) is 0 Å². The highest BCUT2D eigenvalue weighted by molar-refractivity contribution is 9.10. The van der Waals surface area contributed by atoms with Gasteiger partial charge < -0.3 is 10.6 Å². The maximum absolute atomic E-state index is 11.9. The zero-order valence-electron chi connectivity index (χ0n) is 12.2. The van der Waals surface area contributed by atoms with E-state index in [4.69, 9.17) is 0 Å². The summed E-state index contributed by atoms with van der Waals surface area (Å²) in [5, 5.41) is 6.12. The summed E-state index contributed by atoms with van der Waals surface area (Å²) in [4.78, 5) is 11.9. The van der Waals surface area contributed by atoms with Crippen molar-refractivity contribution in [1.82, 2.24) is 5.32 Å². The van der Waals surface area contributed by atoms with Crippen molar-refractivity contribution in [2.75, 3.05) is 11.9 Å². The smallest absolute Gasteiger partial charge is 0.238 e. The number of anilines is 1. The van der Waals surface area contributed by atoms with Gasteiger partial charge in [-0.25, -0.2) is 0 Å². The van der Waals surface area contributed by atoms with Gasteiger partial charge in [0.2, 0.25) is 5.91 Å². The maximum Gasteiger partial charge on any atom is 0.238 e. The first-order valence-corrected chi connectivity index (χ1v) is 7.69. The van der Waals surface area contributed by atoms with E-state index in [1.165, 1.54) is 0 Å². The second kappa shape index (κ2) is 7.38. The number of benzene rings is 2. The van der Waals surface area contributed by atoms with Gasteiger partial charge in [0, 0.05) is 16.2 Å². The number of hydrogen-bond donors (Lipinski definition) is 2. The highest BCUT2D eigenvalue weighted by Crippen LogP contribution is 2.16. The zero-order chi connectivity index (χ0) is 15.2. The van der Waals surface area contributed by atoms with Crippen molar-refractivity contribution < 1.29 is 4.79 Å². The molecular weight excluding hydrogens is 328 g/mol. The average Bonchev–Trinajstić information content (AvgIpc) is 2.45. The predicted octanol–water partition coefficient (Wildman–Crippen LogP) is 4.05. The van der Waals surface area contributed by atoms with E-state index < -0.39 is 0 Å². The molecule has 110 valence electrons. The molecule has 0 unspecified atom stereocenters. The molecule has 0 aliphatic rings. The van der Waals surface area contributed by atoms with E-state index in [9.17, 15) is 4.79 Å². The van der Waals surface area contributed by atoms with Crippen molar-refractivity contribution in [2.24, 2.45) is 0 Å². The van der Waals surface area contributed by atoms with E-state index in [2.05, 4.69) is 26.6 Å². The number of nitrogens with one attached hydrogen (secondary N) is 2. The summed E-state index contributed by atoms with van der Waals surface area (Å²) >= 11 is 3.42. The zero-order valence-corrected chi connectivity index (χ0v) is 13.8. The minimum absolute atomic E-state index is 0.0374. The fraction of sp³-hybridized carbons (Fsp3) is 0.235. The molecule has 0 bridgehead atoms. The molecule has 21 heavy (non-hydrogen) atoms. The maximum atomic E-state index is 11.9. The standard InChI is InChI=1S/C17H19BrN2O/c1-12-4-3-5-16(10-12)20-17(21)11-19-13(2)14-6-8-15(18)9-7-14/h3-10,13,19H,11H2,1-2H3,(H,20,21)/t13-/m1/s1. The summed E-state index contributed by atoms with van der Waals surface area (Å²) in [6.45, 7) is 4.33. The molecule has 0 heterocycles. The Bertz CT molecular complexity index is 610. The van der Waals surface area contributed by atoms with Crippen LogP contribution in [0.2, 0.25) is 0 Å². The first-order chi connectivity index (χ1) is 10.0. The Morgan fingerprint density at radius 1 is 1.19 bits per heavy atom. The van der Waals surface area contributed by atoms with Crippen LogP contribution in [0.3, 0.4) is 0 Å². The fourth-order valence-corrected chi connectivity index (χ4v) is 2.31. The number of hydrogen-bond acceptors (Lipinski definition) is 2. The number of carbonyl (C=O) groups is 1. The monoisotopic (exact) mass is 346 g/mol. The molecule has 2 rings (SSSR count). The van der Waals surface area contributed by atoms with Crippen molar-refractivity contribution in [3.8, 4) is 0 Å². The van der Waals surface area contributed by atoms with Gasteiger partial charge >= 0.3 is 0 Å². The van der Waals surface area contributed by atoms with Crippen LogP contribution < -0.4 is 10.6 Å². The second-order valence-electron chi connectivity index (χ2n) is 5.07. The van der Waals surface area contributed by atoms with Crippen molar-refractivity contribution >= 4 is 27.5 Å².